The first-order valence-electron chi connectivity index (χ1n) is 12.0. The molecule has 1 amide bonds. The van der Waals surface area contributed by atoms with Crippen molar-refractivity contribution in [2.45, 2.75) is 25.8 Å². The Morgan fingerprint density at radius 3 is 2.36 bits per heavy atom. The quantitative estimate of drug-likeness (QED) is 0.256. The summed E-state index contributed by atoms with van der Waals surface area (Å²) in [5.74, 6) is -0.367. The van der Waals surface area contributed by atoms with E-state index in [2.05, 4.69) is 27.0 Å². The molecule has 0 saturated carbocycles. The Bertz CT molecular complexity index is 1310. The van der Waals surface area contributed by atoms with Crippen LogP contribution in [0.2, 0.25) is 0 Å². The van der Waals surface area contributed by atoms with Gasteiger partial charge in [0.15, 0.2) is 5.17 Å². The van der Waals surface area contributed by atoms with Crippen molar-refractivity contribution in [2.24, 2.45) is 4.99 Å². The van der Waals surface area contributed by atoms with Crippen molar-refractivity contribution in [2.75, 3.05) is 38.0 Å². The number of anilines is 1. The third kappa shape index (κ3) is 6.82. The molecule has 2 aliphatic rings. The lowest BCUT2D eigenvalue weighted by Crippen LogP contribution is -2.47. The molecule has 2 aromatic carbocycles. The fourth-order valence-corrected chi connectivity index (χ4v) is 5.22. The summed E-state index contributed by atoms with van der Waals surface area (Å²) in [5.41, 5.74) is -1.90. The normalized spacial score (nSPS) is 18.0. The van der Waals surface area contributed by atoms with E-state index in [9.17, 15) is 31.1 Å². The minimum atomic E-state index is -4.98. The van der Waals surface area contributed by atoms with E-state index < -0.39 is 30.0 Å². The molecular formula is C26H25F6N5OS. The number of thioether (sulfide) groups is 1. The summed E-state index contributed by atoms with van der Waals surface area (Å²) in [6, 6.07) is 6.26. The molecule has 6 nitrogen and oxygen atoms in total. The molecule has 4 rings (SSSR count). The van der Waals surface area contributed by atoms with Gasteiger partial charge in [-0.25, -0.2) is 0 Å². The molecule has 39 heavy (non-hydrogen) atoms. The highest BCUT2D eigenvalue weighted by Gasteiger charge is 2.38. The Labute approximate surface area is 225 Å². The van der Waals surface area contributed by atoms with Gasteiger partial charge < -0.3 is 20.5 Å². The first kappa shape index (κ1) is 28.7. The van der Waals surface area contributed by atoms with Crippen LogP contribution in [0.15, 0.2) is 46.3 Å². The van der Waals surface area contributed by atoms with Gasteiger partial charge in [0, 0.05) is 50.2 Å². The number of hydrogen-bond acceptors (Lipinski definition) is 6. The Morgan fingerprint density at radius 2 is 1.74 bits per heavy atom. The second-order valence-corrected chi connectivity index (χ2v) is 9.95. The minimum absolute atomic E-state index is 0.0974. The van der Waals surface area contributed by atoms with Crippen molar-refractivity contribution in [3.8, 4) is 0 Å². The lowest BCUT2D eigenvalue weighted by atomic mass is 10.0. The van der Waals surface area contributed by atoms with Crippen LogP contribution in [0.3, 0.4) is 0 Å². The molecule has 0 aromatic heterocycles. The number of nitrogens with one attached hydrogen (secondary N) is 2. The maximum atomic E-state index is 13.5. The number of aliphatic imine (C=N–C) groups is 1. The predicted molar refractivity (Wildman–Crippen MR) is 140 cm³/mol. The van der Waals surface area contributed by atoms with E-state index in [1.807, 2.05) is 0 Å². The zero-order valence-corrected chi connectivity index (χ0v) is 21.6. The SMILES string of the molecule is CCN1CCN(C2=NC(=O)/C(=C/c3ccc(NCc4ccc(C(F)(F)F)cc4C(F)(F)F)c(C=N)c3)S2)CC1. The van der Waals surface area contributed by atoms with Gasteiger partial charge in [0.1, 0.15) is 0 Å². The van der Waals surface area contributed by atoms with Crippen LogP contribution in [0, 0.1) is 5.41 Å². The molecule has 0 radical (unpaired) electrons. The zero-order chi connectivity index (χ0) is 28.4. The standard InChI is InChI=1S/C26H25F6N5OS/c1-2-36-7-9-37(10-8-36)24-35-23(38)22(39-24)12-16-3-6-21(18(11-16)14-33)34-15-17-4-5-19(25(27,28)29)13-20(17)26(30,31)32/h3-6,11-14,33-34H,2,7-10,15H2,1H3/b22-12-,33-14?. The summed E-state index contributed by atoms with van der Waals surface area (Å²) in [6.07, 6.45) is -7.24. The summed E-state index contributed by atoms with van der Waals surface area (Å²) in [4.78, 5) is 21.5. The molecule has 13 heteroatoms. The number of hydrogen-bond donors (Lipinski definition) is 2. The maximum Gasteiger partial charge on any atom is 0.416 e. The molecule has 0 unspecified atom stereocenters. The smallest absolute Gasteiger partial charge is 0.380 e. The fourth-order valence-electron chi connectivity index (χ4n) is 4.25. The second kappa shape index (κ2) is 11.4. The van der Waals surface area contributed by atoms with Gasteiger partial charge in [0.25, 0.3) is 5.91 Å². The molecular weight excluding hydrogens is 544 g/mol. The first-order chi connectivity index (χ1) is 18.4. The number of amidine groups is 1. The average Bonchev–Trinajstić information content (AvgIpc) is 3.26. The first-order valence-corrected chi connectivity index (χ1v) is 12.9. The van der Waals surface area contributed by atoms with Crippen LogP contribution >= 0.6 is 11.8 Å². The van der Waals surface area contributed by atoms with Gasteiger partial charge in [-0.05, 0) is 59.8 Å². The lowest BCUT2D eigenvalue weighted by molar-refractivity contribution is -0.143. The van der Waals surface area contributed by atoms with Crippen LogP contribution in [-0.2, 0) is 23.7 Å². The molecule has 0 atom stereocenters. The second-order valence-electron chi connectivity index (χ2n) is 8.94. The number of carbonyl (C=O) groups excluding carboxylic acids is 1. The molecule has 0 aliphatic carbocycles. The third-order valence-corrected chi connectivity index (χ3v) is 7.48. The molecule has 208 valence electrons. The highest BCUT2D eigenvalue weighted by Crippen LogP contribution is 2.38. The molecule has 2 heterocycles. The molecule has 0 bridgehead atoms. The molecule has 1 saturated heterocycles. The van der Waals surface area contributed by atoms with Crippen molar-refractivity contribution in [3.63, 3.8) is 0 Å². The van der Waals surface area contributed by atoms with Crippen LogP contribution in [0.4, 0.5) is 32.0 Å². The summed E-state index contributed by atoms with van der Waals surface area (Å²) in [5, 5.41) is 11.2. The van der Waals surface area contributed by atoms with Gasteiger partial charge in [-0.2, -0.15) is 31.3 Å². The van der Waals surface area contributed by atoms with Crippen molar-refractivity contribution in [3.05, 3.63) is 69.1 Å². The van der Waals surface area contributed by atoms with Gasteiger partial charge in [0.2, 0.25) is 0 Å². The topological polar surface area (TPSA) is 71.8 Å². The van der Waals surface area contributed by atoms with E-state index in [1.54, 1.807) is 24.3 Å². The third-order valence-electron chi connectivity index (χ3n) is 6.44. The summed E-state index contributed by atoms with van der Waals surface area (Å²) in [7, 11) is 0. The van der Waals surface area contributed by atoms with Crippen molar-refractivity contribution in [1.29, 1.82) is 5.41 Å². The minimum Gasteiger partial charge on any atom is -0.380 e. The Kier molecular flexibility index (Phi) is 8.40. The number of benzene rings is 2. The van der Waals surface area contributed by atoms with E-state index in [-0.39, 0.29) is 17.5 Å². The summed E-state index contributed by atoms with van der Waals surface area (Å²) >= 11 is 1.27. The van der Waals surface area contributed by atoms with Gasteiger partial charge in [-0.3, -0.25) is 4.79 Å². The van der Waals surface area contributed by atoms with Crippen molar-refractivity contribution in [1.82, 2.24) is 9.80 Å². The number of amides is 1. The number of carbonyl (C=O) groups is 1. The van der Waals surface area contributed by atoms with E-state index in [0.717, 1.165) is 45.0 Å². The fraction of sp³-hybridized carbons (Fsp3) is 0.346. The highest BCUT2D eigenvalue weighted by atomic mass is 32.2. The van der Waals surface area contributed by atoms with Crippen molar-refractivity contribution >= 4 is 40.8 Å². The summed E-state index contributed by atoms with van der Waals surface area (Å²) < 4.78 is 79.2. The number of alkyl halides is 6. The Balaban J connectivity index is 1.48. The van der Waals surface area contributed by atoms with Gasteiger partial charge in [-0.15, -0.1) is 0 Å². The predicted octanol–water partition coefficient (Wildman–Crippen LogP) is 5.94. The van der Waals surface area contributed by atoms with E-state index in [1.165, 1.54) is 11.8 Å². The number of nitrogens with zero attached hydrogens (tertiary/aromatic N) is 3. The number of likely N-dealkylation sites (N-methyl/N-ethyl adjacent to an activating group) is 1. The largest absolute Gasteiger partial charge is 0.416 e. The van der Waals surface area contributed by atoms with Crippen LogP contribution in [0.25, 0.3) is 6.08 Å². The summed E-state index contributed by atoms with van der Waals surface area (Å²) in [6.45, 7) is 5.96. The Morgan fingerprint density at radius 1 is 1.03 bits per heavy atom. The molecule has 2 aliphatic heterocycles. The van der Waals surface area contributed by atoms with Gasteiger partial charge in [0.05, 0.1) is 16.0 Å². The number of piperazine rings is 1. The van der Waals surface area contributed by atoms with Crippen molar-refractivity contribution < 1.29 is 31.1 Å². The van der Waals surface area contributed by atoms with E-state index >= 15 is 0 Å². The molecule has 2 aromatic rings. The van der Waals surface area contributed by atoms with E-state index in [0.29, 0.717) is 33.0 Å². The molecule has 2 N–H and O–H groups in total. The van der Waals surface area contributed by atoms with Crippen LogP contribution in [-0.4, -0.2) is 59.8 Å². The van der Waals surface area contributed by atoms with Crippen LogP contribution < -0.4 is 5.32 Å². The monoisotopic (exact) mass is 569 g/mol. The zero-order valence-electron chi connectivity index (χ0n) is 20.8. The number of rotatable bonds is 6. The lowest BCUT2D eigenvalue weighted by Gasteiger charge is -2.34. The molecule has 0 spiro atoms. The average molecular weight is 570 g/mol. The highest BCUT2D eigenvalue weighted by molar-refractivity contribution is 8.18. The number of halogens is 6. The van der Waals surface area contributed by atoms with Gasteiger partial charge in [-0.1, -0.05) is 19.1 Å². The maximum absolute atomic E-state index is 13.5. The molecule has 1 fully saturated rings. The Hall–Kier alpha value is -3.32. The van der Waals surface area contributed by atoms with Gasteiger partial charge >= 0.3 is 12.4 Å². The van der Waals surface area contributed by atoms with Crippen LogP contribution in [0.5, 0.6) is 0 Å². The van der Waals surface area contributed by atoms with E-state index in [4.69, 9.17) is 5.41 Å². The van der Waals surface area contributed by atoms with Crippen LogP contribution in [0.1, 0.15) is 34.7 Å².